The minimum absolute atomic E-state index is 0.159. The summed E-state index contributed by atoms with van der Waals surface area (Å²) >= 11 is 0. The van der Waals surface area contributed by atoms with Crippen molar-refractivity contribution < 1.29 is 14.3 Å². The van der Waals surface area contributed by atoms with Crippen molar-refractivity contribution in [2.24, 2.45) is 0 Å². The van der Waals surface area contributed by atoms with Crippen molar-refractivity contribution in [1.82, 2.24) is 30.0 Å². The van der Waals surface area contributed by atoms with Gasteiger partial charge < -0.3 is 35.6 Å². The molecule has 2 aromatic heterocycles. The molecule has 0 unspecified atom stereocenters. The summed E-state index contributed by atoms with van der Waals surface area (Å²) in [5.41, 5.74) is 8.31. The van der Waals surface area contributed by atoms with E-state index in [1.165, 1.54) is 10.9 Å². The van der Waals surface area contributed by atoms with Crippen LogP contribution in [0.3, 0.4) is 0 Å². The van der Waals surface area contributed by atoms with E-state index < -0.39 is 0 Å². The van der Waals surface area contributed by atoms with Crippen molar-refractivity contribution in [2.75, 3.05) is 76.5 Å². The molecule has 12 nitrogen and oxygen atoms in total. The first kappa shape index (κ1) is 24.2. The fourth-order valence-corrected chi connectivity index (χ4v) is 3.61. The van der Waals surface area contributed by atoms with Crippen LogP contribution in [0, 0.1) is 0 Å². The molecule has 4 rings (SSSR count). The Morgan fingerprint density at radius 3 is 2.71 bits per heavy atom. The number of nitrogens with one attached hydrogen (secondary N) is 2. The standard InChI is InChI=1S/C23H31N9O3/c1-30(2)9-8-25-21(33)16-4-7-20(26-15-16)32-22(24)28-23(29-32)27-18-6-5-17(14-19(18)34-3)31-10-12-35-13-11-31/h4-7,14-15H,8-13H2,1-3H3,(H,25,33)(H3,24,27,28,29). The number of hydrogen-bond acceptors (Lipinski definition) is 10. The maximum absolute atomic E-state index is 12.3. The molecule has 0 spiro atoms. The molecule has 35 heavy (non-hydrogen) atoms. The van der Waals surface area contributed by atoms with Crippen LogP contribution in [0.4, 0.5) is 23.3 Å². The summed E-state index contributed by atoms with van der Waals surface area (Å²) in [6, 6.07) is 9.25. The van der Waals surface area contributed by atoms with Gasteiger partial charge in [-0.1, -0.05) is 0 Å². The number of methoxy groups -OCH3 is 1. The van der Waals surface area contributed by atoms with Crippen LogP contribution >= 0.6 is 0 Å². The molecule has 4 N–H and O–H groups in total. The number of anilines is 4. The number of nitrogen functional groups attached to an aromatic ring is 1. The van der Waals surface area contributed by atoms with E-state index in [0.29, 0.717) is 48.5 Å². The summed E-state index contributed by atoms with van der Waals surface area (Å²) < 4.78 is 12.4. The zero-order valence-electron chi connectivity index (χ0n) is 20.2. The number of pyridine rings is 1. The lowest BCUT2D eigenvalue weighted by Gasteiger charge is -2.29. The number of likely N-dealkylation sites (N-methyl/N-ethyl adjacent to an activating group) is 1. The Bertz CT molecular complexity index is 1140. The van der Waals surface area contributed by atoms with Crippen molar-refractivity contribution in [3.8, 4) is 11.6 Å². The van der Waals surface area contributed by atoms with E-state index in [4.69, 9.17) is 15.2 Å². The highest BCUT2D eigenvalue weighted by atomic mass is 16.5. The van der Waals surface area contributed by atoms with Crippen LogP contribution in [-0.4, -0.2) is 91.2 Å². The number of amides is 1. The number of carbonyl (C=O) groups excluding carboxylic acids is 1. The Balaban J connectivity index is 1.45. The van der Waals surface area contributed by atoms with E-state index in [9.17, 15) is 4.79 Å². The minimum Gasteiger partial charge on any atom is -0.494 e. The molecule has 3 aromatic rings. The Morgan fingerprint density at radius 1 is 1.23 bits per heavy atom. The van der Waals surface area contributed by atoms with E-state index in [2.05, 4.69) is 30.6 Å². The van der Waals surface area contributed by atoms with E-state index in [-0.39, 0.29) is 11.9 Å². The third-order valence-corrected chi connectivity index (χ3v) is 5.51. The zero-order chi connectivity index (χ0) is 24.8. The molecule has 186 valence electrons. The first-order valence-corrected chi connectivity index (χ1v) is 11.3. The summed E-state index contributed by atoms with van der Waals surface area (Å²) in [6.07, 6.45) is 1.49. The first-order valence-electron chi connectivity index (χ1n) is 11.3. The average molecular weight is 482 g/mol. The molecule has 0 radical (unpaired) electrons. The largest absolute Gasteiger partial charge is 0.494 e. The Morgan fingerprint density at radius 2 is 2.03 bits per heavy atom. The van der Waals surface area contributed by atoms with E-state index >= 15 is 0 Å². The number of hydrogen-bond donors (Lipinski definition) is 3. The number of benzene rings is 1. The van der Waals surface area contributed by atoms with Crippen LogP contribution in [-0.2, 0) is 4.74 Å². The molecular weight excluding hydrogens is 450 g/mol. The third kappa shape index (κ3) is 5.97. The van der Waals surface area contributed by atoms with Crippen LogP contribution in [0.25, 0.3) is 5.82 Å². The van der Waals surface area contributed by atoms with Crippen LogP contribution in [0.5, 0.6) is 5.75 Å². The molecule has 0 aliphatic carbocycles. The number of morpholine rings is 1. The highest BCUT2D eigenvalue weighted by Gasteiger charge is 2.16. The summed E-state index contributed by atoms with van der Waals surface area (Å²) in [7, 11) is 5.52. The smallest absolute Gasteiger partial charge is 0.252 e. The van der Waals surface area contributed by atoms with Gasteiger partial charge in [0.05, 0.1) is 31.6 Å². The second kappa shape index (κ2) is 11.0. The van der Waals surface area contributed by atoms with Gasteiger partial charge >= 0.3 is 0 Å². The molecule has 1 aromatic carbocycles. The van der Waals surface area contributed by atoms with Crippen LogP contribution in [0.1, 0.15) is 10.4 Å². The van der Waals surface area contributed by atoms with E-state index in [1.807, 2.05) is 37.2 Å². The van der Waals surface area contributed by atoms with Crippen molar-refractivity contribution in [3.63, 3.8) is 0 Å². The van der Waals surface area contributed by atoms with Gasteiger partial charge in [0.2, 0.25) is 11.9 Å². The van der Waals surface area contributed by atoms with Gasteiger partial charge in [-0.15, -0.1) is 5.10 Å². The number of aromatic nitrogens is 4. The van der Waals surface area contributed by atoms with Gasteiger partial charge in [0.1, 0.15) is 5.75 Å². The highest BCUT2D eigenvalue weighted by Crippen LogP contribution is 2.32. The first-order chi connectivity index (χ1) is 16.9. The van der Waals surface area contributed by atoms with Crippen LogP contribution in [0.15, 0.2) is 36.5 Å². The lowest BCUT2D eigenvalue weighted by molar-refractivity contribution is 0.0950. The topological polar surface area (TPSA) is 136 Å². The number of nitrogens with two attached hydrogens (primary N) is 1. The monoisotopic (exact) mass is 481 g/mol. The quantitative estimate of drug-likeness (QED) is 0.408. The van der Waals surface area contributed by atoms with Gasteiger partial charge in [-0.25, -0.2) is 4.98 Å². The Labute approximate surface area is 204 Å². The summed E-state index contributed by atoms with van der Waals surface area (Å²) in [5.74, 6) is 1.38. The molecule has 3 heterocycles. The molecule has 12 heteroatoms. The van der Waals surface area contributed by atoms with Gasteiger partial charge in [0.15, 0.2) is 5.82 Å². The SMILES string of the molecule is COc1cc(N2CCOCC2)ccc1Nc1nc(N)n(-c2ccc(C(=O)NCCN(C)C)cn2)n1. The summed E-state index contributed by atoms with van der Waals surface area (Å²) in [4.78, 5) is 25.1. The van der Waals surface area contributed by atoms with Gasteiger partial charge in [-0.05, 0) is 38.4 Å². The van der Waals surface area contributed by atoms with Crippen molar-refractivity contribution in [3.05, 3.63) is 42.1 Å². The van der Waals surface area contributed by atoms with E-state index in [1.54, 1.807) is 19.2 Å². The fraction of sp³-hybridized carbons (Fsp3) is 0.391. The van der Waals surface area contributed by atoms with Crippen LogP contribution < -0.4 is 26.0 Å². The molecule has 0 atom stereocenters. The molecule has 0 saturated carbocycles. The third-order valence-electron chi connectivity index (χ3n) is 5.51. The maximum atomic E-state index is 12.3. The molecule has 1 aliphatic rings. The molecule has 0 bridgehead atoms. The van der Waals surface area contributed by atoms with Crippen LogP contribution in [0.2, 0.25) is 0 Å². The summed E-state index contributed by atoms with van der Waals surface area (Å²) in [5, 5.41) is 10.4. The molecule has 1 aliphatic heterocycles. The minimum atomic E-state index is -0.188. The van der Waals surface area contributed by atoms with Crippen molar-refractivity contribution in [1.29, 1.82) is 0 Å². The zero-order valence-corrected chi connectivity index (χ0v) is 20.2. The van der Waals surface area contributed by atoms with Gasteiger partial charge in [0, 0.05) is 44.1 Å². The molecule has 1 saturated heterocycles. The van der Waals surface area contributed by atoms with E-state index in [0.717, 1.165) is 25.3 Å². The normalized spacial score (nSPS) is 13.7. The number of ether oxygens (including phenoxy) is 2. The second-order valence-electron chi connectivity index (χ2n) is 8.28. The van der Waals surface area contributed by atoms with Crippen molar-refractivity contribution >= 4 is 29.2 Å². The lowest BCUT2D eigenvalue weighted by Crippen LogP contribution is -2.36. The Kier molecular flexibility index (Phi) is 7.63. The second-order valence-corrected chi connectivity index (χ2v) is 8.28. The predicted molar refractivity (Wildman–Crippen MR) is 134 cm³/mol. The number of nitrogens with zero attached hydrogens (tertiary/aromatic N) is 6. The predicted octanol–water partition coefficient (Wildman–Crippen LogP) is 1.12. The highest BCUT2D eigenvalue weighted by molar-refractivity contribution is 5.93. The number of carbonyl (C=O) groups is 1. The van der Waals surface area contributed by atoms with Gasteiger partial charge in [-0.3, -0.25) is 4.79 Å². The average Bonchev–Trinajstić information content (AvgIpc) is 3.24. The molecular formula is C23H31N9O3. The fourth-order valence-electron chi connectivity index (χ4n) is 3.61. The molecule has 1 amide bonds. The van der Waals surface area contributed by atoms with Gasteiger partial charge in [-0.2, -0.15) is 9.67 Å². The lowest BCUT2D eigenvalue weighted by atomic mass is 10.2. The van der Waals surface area contributed by atoms with Crippen molar-refractivity contribution in [2.45, 2.75) is 0 Å². The number of rotatable bonds is 9. The maximum Gasteiger partial charge on any atom is 0.252 e. The Hall–Kier alpha value is -3.90. The molecule has 1 fully saturated rings. The van der Waals surface area contributed by atoms with Gasteiger partial charge in [0.25, 0.3) is 5.91 Å². The summed E-state index contributed by atoms with van der Waals surface area (Å²) in [6.45, 7) is 4.39.